The molecule has 0 amide bonds. The summed E-state index contributed by atoms with van der Waals surface area (Å²) >= 11 is -1.99. The topological polar surface area (TPSA) is 40.1 Å². The standard InChI is InChI=1S/C5H8O2S/c1-3-5(2)4-8(6)7/h1,5H,4H2,2H3,(H,6,7)/p-1. The van der Waals surface area contributed by atoms with E-state index in [0.29, 0.717) is 0 Å². The summed E-state index contributed by atoms with van der Waals surface area (Å²) in [5, 5.41) is 0. The minimum atomic E-state index is -1.99. The van der Waals surface area contributed by atoms with Crippen molar-refractivity contribution in [2.24, 2.45) is 5.92 Å². The van der Waals surface area contributed by atoms with Gasteiger partial charge in [-0.3, -0.25) is 4.21 Å². The lowest BCUT2D eigenvalue weighted by atomic mass is 10.2. The molecule has 2 atom stereocenters. The summed E-state index contributed by atoms with van der Waals surface area (Å²) in [7, 11) is 0. The molecule has 0 rings (SSSR count). The molecule has 0 bridgehead atoms. The molecule has 2 unspecified atom stereocenters. The van der Waals surface area contributed by atoms with Gasteiger partial charge in [0.2, 0.25) is 0 Å². The molecule has 0 aromatic heterocycles. The molecule has 0 N–H and O–H groups in total. The summed E-state index contributed by atoms with van der Waals surface area (Å²) in [6.45, 7) is 1.69. The van der Waals surface area contributed by atoms with Crippen molar-refractivity contribution in [1.82, 2.24) is 0 Å². The Kier molecular flexibility index (Phi) is 3.49. The molecule has 46 valence electrons. The SMILES string of the molecule is C#CC(C)CS(=O)[O-]. The molecule has 0 aromatic carbocycles. The van der Waals surface area contributed by atoms with E-state index in [9.17, 15) is 8.76 Å². The highest BCUT2D eigenvalue weighted by atomic mass is 32.2. The van der Waals surface area contributed by atoms with Gasteiger partial charge in [0.1, 0.15) is 0 Å². The van der Waals surface area contributed by atoms with Gasteiger partial charge in [0.05, 0.1) is 0 Å². The van der Waals surface area contributed by atoms with Crippen molar-refractivity contribution in [3.8, 4) is 12.3 Å². The van der Waals surface area contributed by atoms with Crippen LogP contribution in [0.15, 0.2) is 0 Å². The maximum Gasteiger partial charge on any atom is 0.0276 e. The lowest BCUT2D eigenvalue weighted by Crippen LogP contribution is -2.03. The second-order valence-corrected chi connectivity index (χ2v) is 2.48. The molecule has 0 aromatic rings. The highest BCUT2D eigenvalue weighted by Crippen LogP contribution is 1.91. The first-order valence-corrected chi connectivity index (χ1v) is 3.43. The van der Waals surface area contributed by atoms with E-state index in [-0.39, 0.29) is 11.7 Å². The molecular weight excluding hydrogens is 124 g/mol. The summed E-state index contributed by atoms with van der Waals surface area (Å²) in [4.78, 5) is 0. The zero-order chi connectivity index (χ0) is 6.57. The number of hydrogen-bond acceptors (Lipinski definition) is 2. The van der Waals surface area contributed by atoms with Gasteiger partial charge in [-0.15, -0.1) is 12.3 Å². The third-order valence-electron chi connectivity index (χ3n) is 0.671. The van der Waals surface area contributed by atoms with E-state index >= 15 is 0 Å². The van der Waals surface area contributed by atoms with E-state index in [0.717, 1.165) is 0 Å². The van der Waals surface area contributed by atoms with Crippen LogP contribution in [0.5, 0.6) is 0 Å². The first-order chi connectivity index (χ1) is 3.66. The quantitative estimate of drug-likeness (QED) is 0.395. The molecule has 0 aliphatic carbocycles. The Morgan fingerprint density at radius 3 is 2.62 bits per heavy atom. The van der Waals surface area contributed by atoms with Gasteiger partial charge in [-0.2, -0.15) is 0 Å². The van der Waals surface area contributed by atoms with Crippen molar-refractivity contribution in [3.63, 3.8) is 0 Å². The molecule has 8 heavy (non-hydrogen) atoms. The van der Waals surface area contributed by atoms with Crippen LogP contribution in [0.2, 0.25) is 0 Å². The summed E-state index contributed by atoms with van der Waals surface area (Å²) in [6, 6.07) is 0. The normalized spacial score (nSPS) is 16.6. The summed E-state index contributed by atoms with van der Waals surface area (Å²) in [5.41, 5.74) is 0. The fourth-order valence-electron chi connectivity index (χ4n) is 0.252. The highest BCUT2D eigenvalue weighted by Gasteiger charge is 1.93. The van der Waals surface area contributed by atoms with Crippen LogP contribution in [-0.2, 0) is 11.1 Å². The predicted molar refractivity (Wildman–Crippen MR) is 31.8 cm³/mol. The van der Waals surface area contributed by atoms with E-state index in [1.165, 1.54) is 0 Å². The summed E-state index contributed by atoms with van der Waals surface area (Å²) < 4.78 is 19.7. The Morgan fingerprint density at radius 1 is 2.00 bits per heavy atom. The van der Waals surface area contributed by atoms with Crippen molar-refractivity contribution in [2.45, 2.75) is 6.92 Å². The highest BCUT2D eigenvalue weighted by molar-refractivity contribution is 7.79. The largest absolute Gasteiger partial charge is 0.772 e. The second-order valence-electron chi connectivity index (χ2n) is 1.54. The Balaban J connectivity index is 3.43. The molecule has 3 heteroatoms. The average Bonchev–Trinajstić information content (AvgIpc) is 1.65. The monoisotopic (exact) mass is 131 g/mol. The third kappa shape index (κ3) is 3.85. The van der Waals surface area contributed by atoms with E-state index in [1.54, 1.807) is 6.92 Å². The average molecular weight is 131 g/mol. The van der Waals surface area contributed by atoms with E-state index in [4.69, 9.17) is 6.42 Å². The Morgan fingerprint density at radius 2 is 2.50 bits per heavy atom. The number of rotatable bonds is 2. The number of hydrogen-bond donors (Lipinski definition) is 0. The second kappa shape index (κ2) is 3.65. The van der Waals surface area contributed by atoms with Gasteiger partial charge in [0.15, 0.2) is 0 Å². The Labute approximate surface area is 51.6 Å². The van der Waals surface area contributed by atoms with Crippen LogP contribution in [0.25, 0.3) is 0 Å². The smallest absolute Gasteiger partial charge is 0.0276 e. The van der Waals surface area contributed by atoms with Crippen LogP contribution >= 0.6 is 0 Å². The van der Waals surface area contributed by atoms with Crippen LogP contribution in [-0.4, -0.2) is 14.5 Å². The van der Waals surface area contributed by atoms with Crippen molar-refractivity contribution >= 4 is 11.1 Å². The molecule has 0 heterocycles. The molecule has 0 fully saturated rings. The Bertz CT molecular complexity index is 125. The van der Waals surface area contributed by atoms with Crippen LogP contribution < -0.4 is 0 Å². The fraction of sp³-hybridized carbons (Fsp3) is 0.600. The van der Waals surface area contributed by atoms with Gasteiger partial charge in [-0.05, 0) is 0 Å². The maximum atomic E-state index is 9.87. The van der Waals surface area contributed by atoms with Gasteiger partial charge in [0.25, 0.3) is 0 Å². The molecule has 0 saturated heterocycles. The zero-order valence-corrected chi connectivity index (χ0v) is 5.40. The molecule has 0 saturated carbocycles. The lowest BCUT2D eigenvalue weighted by Gasteiger charge is -2.05. The van der Waals surface area contributed by atoms with Gasteiger partial charge in [-0.1, -0.05) is 18.0 Å². The third-order valence-corrected chi connectivity index (χ3v) is 1.44. The van der Waals surface area contributed by atoms with Crippen LogP contribution in [0.4, 0.5) is 0 Å². The first kappa shape index (κ1) is 7.67. The van der Waals surface area contributed by atoms with Crippen LogP contribution in [0.1, 0.15) is 6.92 Å². The van der Waals surface area contributed by atoms with E-state index < -0.39 is 11.1 Å². The predicted octanol–water partition coefficient (Wildman–Crippen LogP) is 0.135. The lowest BCUT2D eigenvalue weighted by molar-refractivity contribution is 0.531. The molecule has 0 aliphatic heterocycles. The minimum Gasteiger partial charge on any atom is -0.772 e. The Hall–Kier alpha value is -0.330. The van der Waals surface area contributed by atoms with Crippen molar-refractivity contribution < 1.29 is 8.76 Å². The van der Waals surface area contributed by atoms with E-state index in [1.807, 2.05) is 0 Å². The molecule has 0 radical (unpaired) electrons. The van der Waals surface area contributed by atoms with Crippen molar-refractivity contribution in [3.05, 3.63) is 0 Å². The van der Waals surface area contributed by atoms with Crippen molar-refractivity contribution in [2.75, 3.05) is 5.75 Å². The maximum absolute atomic E-state index is 9.87. The summed E-state index contributed by atoms with van der Waals surface area (Å²) in [6.07, 6.45) is 4.90. The minimum absolute atomic E-state index is 0.0660. The van der Waals surface area contributed by atoms with Crippen molar-refractivity contribution in [1.29, 1.82) is 0 Å². The molecule has 2 nitrogen and oxygen atoms in total. The zero-order valence-electron chi connectivity index (χ0n) is 4.59. The van der Waals surface area contributed by atoms with E-state index in [2.05, 4.69) is 5.92 Å². The summed E-state index contributed by atoms with van der Waals surface area (Å²) in [5.74, 6) is 2.21. The molecule has 0 aliphatic rings. The number of terminal acetylenes is 1. The molecule has 0 spiro atoms. The van der Waals surface area contributed by atoms with Gasteiger partial charge >= 0.3 is 0 Å². The van der Waals surface area contributed by atoms with Gasteiger partial charge < -0.3 is 4.55 Å². The van der Waals surface area contributed by atoms with Crippen LogP contribution in [0.3, 0.4) is 0 Å². The fourth-order valence-corrected chi connectivity index (χ4v) is 0.757. The first-order valence-electron chi connectivity index (χ1n) is 2.18. The van der Waals surface area contributed by atoms with Gasteiger partial charge in [-0.25, -0.2) is 0 Å². The molecular formula is C5H7O2S-. The van der Waals surface area contributed by atoms with Gasteiger partial charge in [0, 0.05) is 11.7 Å². The van der Waals surface area contributed by atoms with Crippen LogP contribution in [0, 0.1) is 18.3 Å².